The van der Waals surface area contributed by atoms with Gasteiger partial charge in [-0.25, -0.2) is 4.79 Å². The van der Waals surface area contributed by atoms with Gasteiger partial charge in [0.15, 0.2) is 0 Å². The van der Waals surface area contributed by atoms with Crippen molar-refractivity contribution in [2.75, 3.05) is 6.61 Å². The molecule has 78 valence electrons. The van der Waals surface area contributed by atoms with Gasteiger partial charge in [-0.3, -0.25) is 0 Å². The number of carbonyl (C=O) groups is 1. The van der Waals surface area contributed by atoms with Gasteiger partial charge in [-0.15, -0.1) is 0 Å². The Kier molecular flexibility index (Phi) is 4.35. The second kappa shape index (κ2) is 5.81. The molecular formula is C13H14O2. The average molecular weight is 202 g/mol. The summed E-state index contributed by atoms with van der Waals surface area (Å²) in [5, 5.41) is 0. The van der Waals surface area contributed by atoms with E-state index in [1.807, 2.05) is 36.4 Å². The summed E-state index contributed by atoms with van der Waals surface area (Å²) in [6.07, 6.45) is 2.54. The fraction of sp³-hybridized carbons (Fsp3) is 0.154. The van der Waals surface area contributed by atoms with E-state index in [0.29, 0.717) is 18.6 Å². The zero-order valence-electron chi connectivity index (χ0n) is 8.61. The monoisotopic (exact) mass is 202 g/mol. The lowest BCUT2D eigenvalue weighted by atomic mass is 10.2. The third-order valence-corrected chi connectivity index (χ3v) is 1.96. The summed E-state index contributed by atoms with van der Waals surface area (Å²) in [5.74, 6) is -0.236. The summed E-state index contributed by atoms with van der Waals surface area (Å²) >= 11 is 0. The van der Waals surface area contributed by atoms with Gasteiger partial charge in [-0.2, -0.15) is 0 Å². The molecule has 1 aromatic rings. The molecule has 1 aromatic carbocycles. The zero-order valence-corrected chi connectivity index (χ0v) is 8.61. The number of rotatable bonds is 1. The molecule has 1 fully saturated rings. The number of ether oxygens (including phenoxy) is 1. The van der Waals surface area contributed by atoms with Crippen LogP contribution in [-0.2, 0) is 9.53 Å². The Labute approximate surface area is 89.9 Å². The molecule has 2 rings (SSSR count). The van der Waals surface area contributed by atoms with Crippen LogP contribution in [0.25, 0.3) is 6.08 Å². The van der Waals surface area contributed by atoms with Crippen LogP contribution in [0.3, 0.4) is 0 Å². The Bertz CT molecular complexity index is 338. The predicted octanol–water partition coefficient (Wildman–Crippen LogP) is 2.82. The number of benzene rings is 1. The van der Waals surface area contributed by atoms with E-state index in [1.165, 1.54) is 5.56 Å². The van der Waals surface area contributed by atoms with Gasteiger partial charge in [0, 0.05) is 12.0 Å². The van der Waals surface area contributed by atoms with E-state index in [2.05, 4.69) is 17.9 Å². The van der Waals surface area contributed by atoms with Crippen molar-refractivity contribution in [1.29, 1.82) is 0 Å². The van der Waals surface area contributed by atoms with Crippen molar-refractivity contribution in [2.24, 2.45) is 0 Å². The quantitative estimate of drug-likeness (QED) is 0.517. The lowest BCUT2D eigenvalue weighted by Crippen LogP contribution is -1.91. The minimum Gasteiger partial charge on any atom is -0.462 e. The molecule has 0 aromatic heterocycles. The van der Waals surface area contributed by atoms with Gasteiger partial charge in [0.05, 0.1) is 6.61 Å². The molecule has 2 nitrogen and oxygen atoms in total. The molecule has 1 heterocycles. The molecule has 0 aliphatic carbocycles. The van der Waals surface area contributed by atoms with E-state index in [9.17, 15) is 4.79 Å². The normalized spacial score (nSPS) is 13.9. The Morgan fingerprint density at radius 1 is 1.27 bits per heavy atom. The molecule has 0 amide bonds. The van der Waals surface area contributed by atoms with E-state index in [1.54, 1.807) is 0 Å². The van der Waals surface area contributed by atoms with Gasteiger partial charge < -0.3 is 4.74 Å². The fourth-order valence-corrected chi connectivity index (χ4v) is 1.06. The Hall–Kier alpha value is -1.83. The van der Waals surface area contributed by atoms with Crippen molar-refractivity contribution < 1.29 is 9.53 Å². The van der Waals surface area contributed by atoms with Crippen LogP contribution in [0.15, 0.2) is 49.1 Å². The first-order chi connectivity index (χ1) is 7.24. The van der Waals surface area contributed by atoms with Gasteiger partial charge in [-0.05, 0) is 5.56 Å². The molecule has 2 heteroatoms. The zero-order chi connectivity index (χ0) is 11.1. The molecule has 0 atom stereocenters. The second-order valence-corrected chi connectivity index (χ2v) is 3.10. The second-order valence-electron chi connectivity index (χ2n) is 3.10. The molecule has 0 radical (unpaired) electrons. The number of carbonyl (C=O) groups excluding carboxylic acids is 1. The van der Waals surface area contributed by atoms with Crippen LogP contribution in [0, 0.1) is 0 Å². The first kappa shape index (κ1) is 11.2. The molecule has 0 saturated carbocycles. The van der Waals surface area contributed by atoms with Gasteiger partial charge in [0.25, 0.3) is 0 Å². The van der Waals surface area contributed by atoms with Gasteiger partial charge in [0.1, 0.15) is 0 Å². The standard InChI is InChI=1S/C8H8.C5H6O2/c1-2-8-6-4-3-5-7-8;1-4-2-3-7-5(4)6/h2-7H,1H2;1-3H2. The van der Waals surface area contributed by atoms with Crippen molar-refractivity contribution in [3.63, 3.8) is 0 Å². The number of cyclic esters (lactones) is 1. The molecule has 0 spiro atoms. The third-order valence-electron chi connectivity index (χ3n) is 1.96. The third kappa shape index (κ3) is 3.81. The van der Waals surface area contributed by atoms with Crippen LogP contribution in [-0.4, -0.2) is 12.6 Å². The van der Waals surface area contributed by atoms with E-state index in [0.717, 1.165) is 0 Å². The largest absolute Gasteiger partial charge is 0.462 e. The SMILES string of the molecule is C=C1CCOC1=O.C=Cc1ccccc1. The summed E-state index contributed by atoms with van der Waals surface area (Å²) in [6, 6.07) is 10.0. The topological polar surface area (TPSA) is 26.3 Å². The Balaban J connectivity index is 0.000000151. The maximum atomic E-state index is 10.3. The molecule has 0 unspecified atom stereocenters. The van der Waals surface area contributed by atoms with Crippen molar-refractivity contribution in [3.05, 3.63) is 54.6 Å². The lowest BCUT2D eigenvalue weighted by Gasteiger charge is -1.85. The molecule has 1 aliphatic heterocycles. The average Bonchev–Trinajstić information content (AvgIpc) is 2.65. The van der Waals surface area contributed by atoms with Crippen LogP contribution in [0.5, 0.6) is 0 Å². The Morgan fingerprint density at radius 2 is 1.93 bits per heavy atom. The Morgan fingerprint density at radius 3 is 2.20 bits per heavy atom. The van der Waals surface area contributed by atoms with Crippen LogP contribution >= 0.6 is 0 Å². The first-order valence-electron chi connectivity index (χ1n) is 4.76. The van der Waals surface area contributed by atoms with E-state index >= 15 is 0 Å². The van der Waals surface area contributed by atoms with Crippen LogP contribution < -0.4 is 0 Å². The van der Waals surface area contributed by atoms with Crippen LogP contribution in [0.4, 0.5) is 0 Å². The summed E-state index contributed by atoms with van der Waals surface area (Å²) < 4.78 is 4.53. The molecule has 0 N–H and O–H groups in total. The molecule has 15 heavy (non-hydrogen) atoms. The van der Waals surface area contributed by atoms with Gasteiger partial charge in [0.2, 0.25) is 0 Å². The summed E-state index contributed by atoms with van der Waals surface area (Å²) in [5.41, 5.74) is 1.77. The highest BCUT2D eigenvalue weighted by molar-refractivity contribution is 5.89. The first-order valence-corrected chi connectivity index (χ1v) is 4.76. The van der Waals surface area contributed by atoms with Gasteiger partial charge in [-0.1, -0.05) is 49.6 Å². The van der Waals surface area contributed by atoms with E-state index in [4.69, 9.17) is 0 Å². The minimum absolute atomic E-state index is 0.236. The minimum atomic E-state index is -0.236. The highest BCUT2D eigenvalue weighted by Crippen LogP contribution is 2.08. The summed E-state index contributed by atoms with van der Waals surface area (Å²) in [4.78, 5) is 10.3. The van der Waals surface area contributed by atoms with Gasteiger partial charge >= 0.3 is 5.97 Å². The molecule has 1 aliphatic rings. The number of hydrogen-bond acceptors (Lipinski definition) is 2. The highest BCUT2D eigenvalue weighted by Gasteiger charge is 2.14. The van der Waals surface area contributed by atoms with Crippen molar-refractivity contribution in [3.8, 4) is 0 Å². The summed E-state index contributed by atoms with van der Waals surface area (Å²) in [7, 11) is 0. The molecule has 0 bridgehead atoms. The van der Waals surface area contributed by atoms with E-state index < -0.39 is 0 Å². The van der Waals surface area contributed by atoms with Crippen LogP contribution in [0.2, 0.25) is 0 Å². The molecule has 1 saturated heterocycles. The van der Waals surface area contributed by atoms with Crippen LogP contribution in [0.1, 0.15) is 12.0 Å². The lowest BCUT2D eigenvalue weighted by molar-refractivity contribution is -0.135. The van der Waals surface area contributed by atoms with E-state index in [-0.39, 0.29) is 5.97 Å². The number of esters is 1. The highest BCUT2D eigenvalue weighted by atomic mass is 16.5. The summed E-state index contributed by atoms with van der Waals surface area (Å²) in [6.45, 7) is 7.62. The maximum absolute atomic E-state index is 10.3. The maximum Gasteiger partial charge on any atom is 0.333 e. The fourth-order valence-electron chi connectivity index (χ4n) is 1.06. The van der Waals surface area contributed by atoms with Crippen molar-refractivity contribution in [1.82, 2.24) is 0 Å². The number of hydrogen-bond donors (Lipinski definition) is 0. The van der Waals surface area contributed by atoms with Crippen molar-refractivity contribution in [2.45, 2.75) is 6.42 Å². The predicted molar refractivity (Wildman–Crippen MR) is 61.2 cm³/mol. The smallest absolute Gasteiger partial charge is 0.333 e. The van der Waals surface area contributed by atoms with Crippen molar-refractivity contribution >= 4 is 12.0 Å². The molecular weight excluding hydrogens is 188 g/mol.